The molecule has 0 saturated heterocycles. The number of nitrogens with one attached hydrogen (secondary N) is 2. The first-order valence-electron chi connectivity index (χ1n) is 9.86. The molecule has 0 saturated carbocycles. The highest BCUT2D eigenvalue weighted by atomic mass is 32.2. The minimum atomic E-state index is -0.436. The fraction of sp³-hybridized carbons (Fsp3) is 0.125. The van der Waals surface area contributed by atoms with Crippen molar-refractivity contribution in [3.8, 4) is 0 Å². The number of amides is 2. The molecular weight excluding hydrogens is 444 g/mol. The maximum absolute atomic E-state index is 12.9. The summed E-state index contributed by atoms with van der Waals surface area (Å²) in [7, 11) is 0. The summed E-state index contributed by atoms with van der Waals surface area (Å²) in [5.41, 5.74) is 1.17. The Morgan fingerprint density at radius 2 is 1.75 bits per heavy atom. The third-order valence-electron chi connectivity index (χ3n) is 4.13. The van der Waals surface area contributed by atoms with Crippen LogP contribution in [-0.2, 0) is 14.3 Å². The van der Waals surface area contributed by atoms with Crippen LogP contribution >= 0.6 is 23.1 Å². The molecule has 0 radical (unpaired) electrons. The first kappa shape index (κ1) is 23.3. The van der Waals surface area contributed by atoms with Crippen molar-refractivity contribution in [2.75, 3.05) is 17.7 Å². The van der Waals surface area contributed by atoms with E-state index in [0.717, 1.165) is 9.77 Å². The first-order valence-corrected chi connectivity index (χ1v) is 11.7. The van der Waals surface area contributed by atoms with Gasteiger partial charge in [-0.3, -0.25) is 14.4 Å². The lowest BCUT2D eigenvalue weighted by atomic mass is 10.2. The van der Waals surface area contributed by atoms with Crippen LogP contribution in [0.25, 0.3) is 6.08 Å². The normalized spacial score (nSPS) is 11.0. The van der Waals surface area contributed by atoms with Gasteiger partial charge in [0, 0.05) is 21.0 Å². The Morgan fingerprint density at radius 3 is 2.41 bits per heavy atom. The van der Waals surface area contributed by atoms with E-state index in [1.165, 1.54) is 23.1 Å². The predicted molar refractivity (Wildman–Crippen MR) is 129 cm³/mol. The highest BCUT2D eigenvalue weighted by Crippen LogP contribution is 2.21. The molecule has 164 valence electrons. The van der Waals surface area contributed by atoms with Gasteiger partial charge < -0.3 is 15.4 Å². The summed E-state index contributed by atoms with van der Waals surface area (Å²) in [5.74, 6) is -0.852. The van der Waals surface area contributed by atoms with Crippen molar-refractivity contribution >= 4 is 52.6 Å². The molecule has 0 aliphatic carbocycles. The molecule has 1 aromatic heterocycles. The van der Waals surface area contributed by atoms with Gasteiger partial charge in [0.25, 0.3) is 11.8 Å². The van der Waals surface area contributed by atoms with Crippen LogP contribution in [-0.4, -0.2) is 30.1 Å². The van der Waals surface area contributed by atoms with Gasteiger partial charge >= 0.3 is 5.97 Å². The molecule has 0 aliphatic heterocycles. The number of thiophene rings is 1. The van der Waals surface area contributed by atoms with Gasteiger partial charge in [-0.15, -0.1) is 23.1 Å². The van der Waals surface area contributed by atoms with Crippen molar-refractivity contribution in [1.29, 1.82) is 0 Å². The van der Waals surface area contributed by atoms with Gasteiger partial charge in [0.15, 0.2) is 0 Å². The molecule has 0 aliphatic rings. The van der Waals surface area contributed by atoms with Crippen molar-refractivity contribution < 1.29 is 19.1 Å². The molecular formula is C24H22N2O4S2. The maximum atomic E-state index is 12.9. The van der Waals surface area contributed by atoms with Crippen molar-refractivity contribution in [1.82, 2.24) is 5.32 Å². The van der Waals surface area contributed by atoms with Crippen LogP contribution in [0.4, 0.5) is 5.69 Å². The molecule has 3 aromatic rings. The number of benzene rings is 2. The Labute approximate surface area is 194 Å². The minimum Gasteiger partial charge on any atom is -0.465 e. The number of anilines is 1. The SMILES string of the molecule is CCOC(=O)CSc1ccc(NC(=O)/C(=C/c2cccs2)NC(=O)c2ccccc2)cc1. The standard InChI is InChI=1S/C24H22N2O4S2/c1-2-30-22(27)16-32-19-12-10-18(11-13-19)25-24(29)21(15-20-9-6-14-31-20)26-23(28)17-7-4-3-5-8-17/h3-15H,2,16H2,1H3,(H,25,29)(H,26,28)/b21-15-. The van der Waals surface area contributed by atoms with Crippen LogP contribution in [0, 0.1) is 0 Å². The number of esters is 1. The Bertz CT molecular complexity index is 1080. The summed E-state index contributed by atoms with van der Waals surface area (Å²) in [6, 6.07) is 19.6. The maximum Gasteiger partial charge on any atom is 0.316 e. The van der Waals surface area contributed by atoms with Gasteiger partial charge in [-0.05, 0) is 60.8 Å². The minimum absolute atomic E-state index is 0.141. The highest BCUT2D eigenvalue weighted by molar-refractivity contribution is 8.00. The molecule has 8 heteroatoms. The lowest BCUT2D eigenvalue weighted by Crippen LogP contribution is -2.30. The number of ether oxygens (including phenoxy) is 1. The number of hydrogen-bond acceptors (Lipinski definition) is 6. The van der Waals surface area contributed by atoms with Gasteiger partial charge in [0.1, 0.15) is 5.70 Å². The molecule has 0 atom stereocenters. The summed E-state index contributed by atoms with van der Waals surface area (Å²) >= 11 is 2.82. The van der Waals surface area contributed by atoms with E-state index in [0.29, 0.717) is 17.9 Å². The highest BCUT2D eigenvalue weighted by Gasteiger charge is 2.15. The predicted octanol–water partition coefficient (Wildman–Crippen LogP) is 4.81. The summed E-state index contributed by atoms with van der Waals surface area (Å²) in [6.07, 6.45) is 1.64. The Hall–Kier alpha value is -3.36. The molecule has 0 unspecified atom stereocenters. The summed E-state index contributed by atoms with van der Waals surface area (Å²) in [5, 5.41) is 7.41. The van der Waals surface area contributed by atoms with Crippen LogP contribution in [0.1, 0.15) is 22.2 Å². The number of hydrogen-bond donors (Lipinski definition) is 2. The van der Waals surface area contributed by atoms with Crippen LogP contribution in [0.2, 0.25) is 0 Å². The van der Waals surface area contributed by atoms with Gasteiger partial charge in [0.2, 0.25) is 0 Å². The van der Waals surface area contributed by atoms with Crippen LogP contribution in [0.3, 0.4) is 0 Å². The zero-order chi connectivity index (χ0) is 22.8. The number of rotatable bonds is 9. The van der Waals surface area contributed by atoms with E-state index >= 15 is 0 Å². The quantitative estimate of drug-likeness (QED) is 0.269. The summed E-state index contributed by atoms with van der Waals surface area (Å²) < 4.78 is 4.92. The Kier molecular flexibility index (Phi) is 8.65. The number of carbonyl (C=O) groups excluding carboxylic acids is 3. The Morgan fingerprint density at radius 1 is 1.00 bits per heavy atom. The third-order valence-corrected chi connectivity index (χ3v) is 5.94. The Balaban J connectivity index is 1.68. The van der Waals surface area contributed by atoms with Gasteiger partial charge in [0.05, 0.1) is 12.4 Å². The second-order valence-corrected chi connectivity index (χ2v) is 8.49. The molecule has 0 spiro atoms. The third kappa shape index (κ3) is 7.11. The zero-order valence-corrected chi connectivity index (χ0v) is 19.0. The summed E-state index contributed by atoms with van der Waals surface area (Å²) in [4.78, 5) is 38.7. The van der Waals surface area contributed by atoms with Gasteiger partial charge in [-0.1, -0.05) is 24.3 Å². The van der Waals surface area contributed by atoms with Crippen molar-refractivity contribution in [3.05, 3.63) is 88.2 Å². The monoisotopic (exact) mass is 466 g/mol. The van der Waals surface area contributed by atoms with Gasteiger partial charge in [-0.2, -0.15) is 0 Å². The number of carbonyl (C=O) groups is 3. The number of thioether (sulfide) groups is 1. The largest absolute Gasteiger partial charge is 0.465 e. The van der Waals surface area contributed by atoms with Crippen molar-refractivity contribution in [2.24, 2.45) is 0 Å². The molecule has 0 fully saturated rings. The van der Waals surface area contributed by atoms with E-state index in [1.54, 1.807) is 49.4 Å². The smallest absolute Gasteiger partial charge is 0.316 e. The van der Waals surface area contributed by atoms with E-state index in [4.69, 9.17) is 4.74 Å². The molecule has 2 N–H and O–H groups in total. The lowest BCUT2D eigenvalue weighted by Gasteiger charge is -2.11. The summed E-state index contributed by atoms with van der Waals surface area (Å²) in [6.45, 7) is 2.12. The average molecular weight is 467 g/mol. The second-order valence-electron chi connectivity index (χ2n) is 6.47. The fourth-order valence-corrected chi connectivity index (χ4v) is 3.99. The molecule has 2 aromatic carbocycles. The average Bonchev–Trinajstić information content (AvgIpc) is 3.32. The molecule has 3 rings (SSSR count). The van der Waals surface area contributed by atoms with Crippen LogP contribution in [0.5, 0.6) is 0 Å². The van der Waals surface area contributed by atoms with Crippen molar-refractivity contribution in [3.63, 3.8) is 0 Å². The van der Waals surface area contributed by atoms with E-state index < -0.39 is 5.91 Å². The van der Waals surface area contributed by atoms with E-state index in [2.05, 4.69) is 10.6 Å². The molecule has 6 nitrogen and oxygen atoms in total. The molecule has 1 heterocycles. The molecule has 32 heavy (non-hydrogen) atoms. The van der Waals surface area contributed by atoms with E-state index in [-0.39, 0.29) is 23.3 Å². The van der Waals surface area contributed by atoms with Crippen LogP contribution in [0.15, 0.2) is 82.7 Å². The van der Waals surface area contributed by atoms with Gasteiger partial charge in [-0.25, -0.2) is 0 Å². The zero-order valence-electron chi connectivity index (χ0n) is 17.4. The first-order chi connectivity index (χ1) is 15.5. The fourth-order valence-electron chi connectivity index (χ4n) is 2.64. The topological polar surface area (TPSA) is 84.5 Å². The molecule has 0 bridgehead atoms. The van der Waals surface area contributed by atoms with E-state index in [1.807, 2.05) is 35.7 Å². The molecule has 2 amide bonds. The van der Waals surface area contributed by atoms with Crippen LogP contribution < -0.4 is 10.6 Å². The van der Waals surface area contributed by atoms with E-state index in [9.17, 15) is 14.4 Å². The lowest BCUT2D eigenvalue weighted by molar-refractivity contribution is -0.139. The second kappa shape index (κ2) is 11.9. The van der Waals surface area contributed by atoms with Crippen molar-refractivity contribution in [2.45, 2.75) is 11.8 Å².